The Morgan fingerprint density at radius 3 is 2.59 bits per heavy atom. The van der Waals surface area contributed by atoms with Crippen molar-refractivity contribution >= 4 is 35.1 Å². The fourth-order valence-corrected chi connectivity index (χ4v) is 4.51. The molecule has 0 unspecified atom stereocenters. The third-order valence-electron chi connectivity index (χ3n) is 4.42. The van der Waals surface area contributed by atoms with Gasteiger partial charge in [0.15, 0.2) is 11.0 Å². The Balaban J connectivity index is 1.53. The summed E-state index contributed by atoms with van der Waals surface area (Å²) in [5.74, 6) is 1.56. The van der Waals surface area contributed by atoms with E-state index in [0.717, 1.165) is 27.6 Å². The molecular formula is C24H21N5OS2. The highest BCUT2D eigenvalue weighted by molar-refractivity contribution is 8.00. The average molecular weight is 460 g/mol. The number of para-hydroxylation sites is 2. The molecule has 4 rings (SSSR count). The number of nitrogens with zero attached hydrogens (tertiary/aromatic N) is 4. The van der Waals surface area contributed by atoms with Gasteiger partial charge in [-0.1, -0.05) is 48.2 Å². The van der Waals surface area contributed by atoms with Gasteiger partial charge in [-0.25, -0.2) is 0 Å². The third-order valence-corrected chi connectivity index (χ3v) is 6.42. The van der Waals surface area contributed by atoms with Gasteiger partial charge in [-0.15, -0.1) is 28.5 Å². The molecule has 32 heavy (non-hydrogen) atoms. The summed E-state index contributed by atoms with van der Waals surface area (Å²) in [6.07, 6.45) is 5.32. The Kier molecular flexibility index (Phi) is 7.37. The molecule has 0 fully saturated rings. The van der Waals surface area contributed by atoms with Crippen molar-refractivity contribution in [2.75, 3.05) is 16.8 Å². The van der Waals surface area contributed by atoms with Gasteiger partial charge in [-0.05, 0) is 36.4 Å². The minimum atomic E-state index is -0.104. The number of rotatable bonds is 9. The second-order valence-corrected chi connectivity index (χ2v) is 8.66. The van der Waals surface area contributed by atoms with Crippen LogP contribution in [0.25, 0.3) is 17.1 Å². The van der Waals surface area contributed by atoms with E-state index in [-0.39, 0.29) is 11.7 Å². The van der Waals surface area contributed by atoms with E-state index in [0.29, 0.717) is 11.0 Å². The van der Waals surface area contributed by atoms with Crippen molar-refractivity contribution in [3.63, 3.8) is 0 Å². The highest BCUT2D eigenvalue weighted by Gasteiger charge is 2.17. The molecule has 0 aliphatic heterocycles. The summed E-state index contributed by atoms with van der Waals surface area (Å²) in [7, 11) is 0. The normalized spacial score (nSPS) is 10.6. The molecule has 0 spiro atoms. The summed E-state index contributed by atoms with van der Waals surface area (Å²) in [6, 6.07) is 21.4. The van der Waals surface area contributed by atoms with Crippen LogP contribution in [0.3, 0.4) is 0 Å². The van der Waals surface area contributed by atoms with Gasteiger partial charge in [0.25, 0.3) is 0 Å². The summed E-state index contributed by atoms with van der Waals surface area (Å²) in [6.45, 7) is 3.76. The van der Waals surface area contributed by atoms with Crippen LogP contribution in [0.1, 0.15) is 0 Å². The SMILES string of the molecule is C=CCSc1ccccc1NC(=O)CSc1nnc(-c2cccnc2)n1-c1ccccc1. The number of thioether (sulfide) groups is 2. The quantitative estimate of drug-likeness (QED) is 0.269. The van der Waals surface area contributed by atoms with Crippen LogP contribution < -0.4 is 5.32 Å². The number of carbonyl (C=O) groups is 1. The number of hydrogen-bond donors (Lipinski definition) is 1. The molecule has 2 heterocycles. The van der Waals surface area contributed by atoms with E-state index < -0.39 is 0 Å². The second-order valence-electron chi connectivity index (χ2n) is 6.65. The molecule has 2 aromatic carbocycles. The van der Waals surface area contributed by atoms with E-state index in [9.17, 15) is 4.79 Å². The van der Waals surface area contributed by atoms with Crippen LogP contribution in [0.4, 0.5) is 5.69 Å². The van der Waals surface area contributed by atoms with E-state index in [4.69, 9.17) is 0 Å². The van der Waals surface area contributed by atoms with E-state index in [2.05, 4.69) is 27.1 Å². The molecule has 6 nitrogen and oxygen atoms in total. The number of benzene rings is 2. The van der Waals surface area contributed by atoms with Gasteiger partial charge in [0, 0.05) is 34.3 Å². The van der Waals surface area contributed by atoms with Crippen molar-refractivity contribution in [3.8, 4) is 17.1 Å². The molecule has 0 radical (unpaired) electrons. The van der Waals surface area contributed by atoms with Crippen molar-refractivity contribution in [2.45, 2.75) is 10.1 Å². The van der Waals surface area contributed by atoms with E-state index in [1.54, 1.807) is 24.2 Å². The number of amides is 1. The fraction of sp³-hybridized carbons (Fsp3) is 0.0833. The number of carbonyl (C=O) groups excluding carboxylic acids is 1. The maximum absolute atomic E-state index is 12.7. The first-order valence-electron chi connectivity index (χ1n) is 9.93. The van der Waals surface area contributed by atoms with E-state index >= 15 is 0 Å². The van der Waals surface area contributed by atoms with Gasteiger partial charge in [-0.2, -0.15) is 0 Å². The van der Waals surface area contributed by atoms with Gasteiger partial charge < -0.3 is 5.32 Å². The number of hydrogen-bond acceptors (Lipinski definition) is 6. The smallest absolute Gasteiger partial charge is 0.234 e. The van der Waals surface area contributed by atoms with Crippen LogP contribution in [0, 0.1) is 0 Å². The Morgan fingerprint density at radius 1 is 1.00 bits per heavy atom. The Labute approximate surface area is 195 Å². The Hall–Kier alpha value is -3.36. The van der Waals surface area contributed by atoms with Crippen LogP contribution >= 0.6 is 23.5 Å². The number of aromatic nitrogens is 4. The largest absolute Gasteiger partial charge is 0.324 e. The van der Waals surface area contributed by atoms with Gasteiger partial charge >= 0.3 is 0 Å². The first kappa shape index (κ1) is 21.9. The zero-order chi connectivity index (χ0) is 22.2. The van der Waals surface area contributed by atoms with Crippen LogP contribution in [0.5, 0.6) is 0 Å². The van der Waals surface area contributed by atoms with E-state index in [1.807, 2.05) is 77.4 Å². The molecule has 2 aromatic heterocycles. The molecule has 0 aliphatic rings. The average Bonchev–Trinajstić information content (AvgIpc) is 3.27. The molecule has 160 valence electrons. The highest BCUT2D eigenvalue weighted by atomic mass is 32.2. The monoisotopic (exact) mass is 459 g/mol. The minimum absolute atomic E-state index is 0.104. The van der Waals surface area contributed by atoms with Gasteiger partial charge in [0.05, 0.1) is 11.4 Å². The molecule has 4 aromatic rings. The first-order chi connectivity index (χ1) is 15.8. The Morgan fingerprint density at radius 2 is 1.81 bits per heavy atom. The predicted molar refractivity (Wildman–Crippen MR) is 131 cm³/mol. The van der Waals surface area contributed by atoms with Crippen molar-refractivity contribution in [3.05, 3.63) is 91.8 Å². The lowest BCUT2D eigenvalue weighted by Gasteiger charge is -2.11. The zero-order valence-corrected chi connectivity index (χ0v) is 18.9. The lowest BCUT2D eigenvalue weighted by molar-refractivity contribution is -0.113. The summed E-state index contributed by atoms with van der Waals surface area (Å²) < 4.78 is 1.95. The molecule has 1 amide bonds. The lowest BCUT2D eigenvalue weighted by atomic mass is 10.2. The highest BCUT2D eigenvalue weighted by Crippen LogP contribution is 2.29. The van der Waals surface area contributed by atoms with Crippen LogP contribution in [0.15, 0.2) is 102 Å². The van der Waals surface area contributed by atoms with Crippen LogP contribution in [-0.4, -0.2) is 37.2 Å². The van der Waals surface area contributed by atoms with Gasteiger partial charge in [0.1, 0.15) is 0 Å². The lowest BCUT2D eigenvalue weighted by Crippen LogP contribution is -2.15. The zero-order valence-electron chi connectivity index (χ0n) is 17.2. The van der Waals surface area contributed by atoms with Crippen molar-refractivity contribution < 1.29 is 4.79 Å². The first-order valence-corrected chi connectivity index (χ1v) is 11.9. The standard InChI is InChI=1S/C24H21N5OS2/c1-2-15-31-21-13-7-6-12-20(21)26-22(30)17-32-24-28-27-23(18-9-8-14-25-16-18)29(24)19-10-4-3-5-11-19/h2-14,16H,1,15,17H2,(H,26,30). The molecule has 0 saturated heterocycles. The topological polar surface area (TPSA) is 72.7 Å². The van der Waals surface area contributed by atoms with Crippen molar-refractivity contribution in [2.24, 2.45) is 0 Å². The molecule has 0 aliphatic carbocycles. The fourth-order valence-electron chi connectivity index (χ4n) is 3.02. The maximum atomic E-state index is 12.7. The maximum Gasteiger partial charge on any atom is 0.234 e. The molecule has 0 bridgehead atoms. The van der Waals surface area contributed by atoms with Crippen molar-refractivity contribution in [1.82, 2.24) is 19.7 Å². The predicted octanol–water partition coefficient (Wildman–Crippen LogP) is 5.34. The molecule has 0 atom stereocenters. The molecule has 0 saturated carbocycles. The van der Waals surface area contributed by atoms with Gasteiger partial charge in [0.2, 0.25) is 5.91 Å². The number of anilines is 1. The Bertz CT molecular complexity index is 1200. The third kappa shape index (κ3) is 5.27. The van der Waals surface area contributed by atoms with Crippen molar-refractivity contribution in [1.29, 1.82) is 0 Å². The molecular weight excluding hydrogens is 438 g/mol. The minimum Gasteiger partial charge on any atom is -0.324 e. The molecule has 8 heteroatoms. The summed E-state index contributed by atoms with van der Waals surface area (Å²) >= 11 is 2.97. The van der Waals surface area contributed by atoms with Gasteiger partial charge in [-0.3, -0.25) is 14.3 Å². The molecule has 1 N–H and O–H groups in total. The van der Waals surface area contributed by atoms with Crippen LogP contribution in [-0.2, 0) is 4.79 Å². The second kappa shape index (κ2) is 10.8. The number of pyridine rings is 1. The summed E-state index contributed by atoms with van der Waals surface area (Å²) in [4.78, 5) is 17.9. The van der Waals surface area contributed by atoms with E-state index in [1.165, 1.54) is 11.8 Å². The van der Waals surface area contributed by atoms with Crippen LogP contribution in [0.2, 0.25) is 0 Å². The number of nitrogens with one attached hydrogen (secondary N) is 1. The summed E-state index contributed by atoms with van der Waals surface area (Å²) in [5.41, 5.74) is 2.57. The summed E-state index contributed by atoms with van der Waals surface area (Å²) in [5, 5.41) is 12.4.